The molecule has 3 heteroatoms. The average molecular weight is 262 g/mol. The molecule has 0 heterocycles. The van der Waals surface area contributed by atoms with Crippen LogP contribution >= 0.6 is 0 Å². The van der Waals surface area contributed by atoms with Gasteiger partial charge in [-0.1, -0.05) is 13.8 Å². The van der Waals surface area contributed by atoms with Crippen molar-refractivity contribution in [3.63, 3.8) is 0 Å². The van der Waals surface area contributed by atoms with Crippen LogP contribution in [0.25, 0.3) is 0 Å². The molecule has 0 bridgehead atoms. The van der Waals surface area contributed by atoms with Crippen LogP contribution in [0.15, 0.2) is 18.2 Å². The Labute approximate surface area is 116 Å². The highest BCUT2D eigenvalue weighted by molar-refractivity contribution is 5.54. The van der Waals surface area contributed by atoms with Gasteiger partial charge in [0.15, 0.2) is 0 Å². The van der Waals surface area contributed by atoms with Crippen molar-refractivity contribution in [2.75, 3.05) is 32.1 Å². The molecule has 106 valence electrons. The molecular formula is C16H26N2O. The maximum Gasteiger partial charge on any atom is 0.122 e. The molecule has 0 amide bonds. The van der Waals surface area contributed by atoms with Crippen molar-refractivity contribution < 1.29 is 4.74 Å². The monoisotopic (exact) mass is 262 g/mol. The van der Waals surface area contributed by atoms with E-state index in [2.05, 4.69) is 44.0 Å². The van der Waals surface area contributed by atoms with Crippen LogP contribution in [0.4, 0.5) is 5.69 Å². The van der Waals surface area contributed by atoms with Crippen LogP contribution in [-0.4, -0.2) is 27.2 Å². The van der Waals surface area contributed by atoms with Crippen LogP contribution in [0.2, 0.25) is 0 Å². The SMILES string of the molecule is COc1ccc(N(C)CC2(CN)CC2)cc1C(C)C. The van der Waals surface area contributed by atoms with E-state index in [1.165, 1.54) is 24.1 Å². The molecule has 0 spiro atoms. The first kappa shape index (κ1) is 14.2. The summed E-state index contributed by atoms with van der Waals surface area (Å²) in [6, 6.07) is 6.45. The van der Waals surface area contributed by atoms with E-state index < -0.39 is 0 Å². The number of nitrogens with two attached hydrogens (primary N) is 1. The van der Waals surface area contributed by atoms with E-state index in [1.807, 2.05) is 0 Å². The zero-order valence-electron chi connectivity index (χ0n) is 12.6. The molecule has 0 aromatic heterocycles. The predicted octanol–water partition coefficient (Wildman–Crippen LogP) is 2.99. The van der Waals surface area contributed by atoms with E-state index >= 15 is 0 Å². The van der Waals surface area contributed by atoms with Crippen LogP contribution in [0.1, 0.15) is 38.2 Å². The van der Waals surface area contributed by atoms with E-state index in [-0.39, 0.29) is 0 Å². The largest absolute Gasteiger partial charge is 0.496 e. The fourth-order valence-electron chi connectivity index (χ4n) is 2.61. The highest BCUT2D eigenvalue weighted by Gasteiger charge is 2.42. The van der Waals surface area contributed by atoms with Crippen LogP contribution in [-0.2, 0) is 0 Å². The zero-order chi connectivity index (χ0) is 14.0. The number of hydrogen-bond acceptors (Lipinski definition) is 3. The molecule has 0 atom stereocenters. The number of anilines is 1. The number of hydrogen-bond donors (Lipinski definition) is 1. The zero-order valence-corrected chi connectivity index (χ0v) is 12.6. The molecule has 1 aliphatic rings. The Bertz CT molecular complexity index is 438. The summed E-state index contributed by atoms with van der Waals surface area (Å²) in [6.45, 7) is 6.24. The molecule has 1 aromatic carbocycles. The Morgan fingerprint density at radius 1 is 1.37 bits per heavy atom. The molecule has 19 heavy (non-hydrogen) atoms. The van der Waals surface area contributed by atoms with Gasteiger partial charge in [0.25, 0.3) is 0 Å². The summed E-state index contributed by atoms with van der Waals surface area (Å²) in [7, 11) is 3.89. The van der Waals surface area contributed by atoms with Crippen LogP contribution < -0.4 is 15.4 Å². The van der Waals surface area contributed by atoms with Gasteiger partial charge in [-0.25, -0.2) is 0 Å². The summed E-state index contributed by atoms with van der Waals surface area (Å²) < 4.78 is 5.44. The summed E-state index contributed by atoms with van der Waals surface area (Å²) in [5, 5.41) is 0. The maximum atomic E-state index is 5.87. The highest BCUT2D eigenvalue weighted by atomic mass is 16.5. The van der Waals surface area contributed by atoms with Gasteiger partial charge in [0.05, 0.1) is 7.11 Å². The Balaban J connectivity index is 2.18. The van der Waals surface area contributed by atoms with Gasteiger partial charge in [-0.3, -0.25) is 0 Å². The van der Waals surface area contributed by atoms with Crippen LogP contribution in [0.3, 0.4) is 0 Å². The molecule has 0 radical (unpaired) electrons. The summed E-state index contributed by atoms with van der Waals surface area (Å²) in [6.07, 6.45) is 2.53. The normalized spacial score (nSPS) is 16.5. The number of ether oxygens (including phenoxy) is 1. The molecule has 1 fully saturated rings. The second kappa shape index (κ2) is 5.41. The summed E-state index contributed by atoms with van der Waals surface area (Å²) in [5.41, 5.74) is 8.76. The minimum absolute atomic E-state index is 0.368. The quantitative estimate of drug-likeness (QED) is 0.856. The first-order valence-electron chi connectivity index (χ1n) is 7.10. The summed E-state index contributed by atoms with van der Waals surface area (Å²) in [5.74, 6) is 1.44. The van der Waals surface area contributed by atoms with Gasteiger partial charge >= 0.3 is 0 Å². The van der Waals surface area contributed by atoms with E-state index in [0.29, 0.717) is 11.3 Å². The summed E-state index contributed by atoms with van der Waals surface area (Å²) >= 11 is 0. The van der Waals surface area contributed by atoms with Gasteiger partial charge in [-0.2, -0.15) is 0 Å². The molecule has 2 N–H and O–H groups in total. The molecule has 1 aliphatic carbocycles. The number of nitrogens with zero attached hydrogens (tertiary/aromatic N) is 1. The van der Waals surface area contributed by atoms with Crippen molar-refractivity contribution in [2.24, 2.45) is 11.1 Å². The molecule has 3 nitrogen and oxygen atoms in total. The standard InChI is InChI=1S/C16H26N2O/c1-12(2)14-9-13(5-6-15(14)19-4)18(3)11-16(10-17)7-8-16/h5-6,9,12H,7-8,10-11,17H2,1-4H3. The Hall–Kier alpha value is -1.22. The Morgan fingerprint density at radius 2 is 2.05 bits per heavy atom. The lowest BCUT2D eigenvalue weighted by molar-refractivity contribution is 0.407. The third-order valence-electron chi connectivity index (χ3n) is 4.24. The molecular weight excluding hydrogens is 236 g/mol. The fourth-order valence-corrected chi connectivity index (χ4v) is 2.61. The topological polar surface area (TPSA) is 38.5 Å². The molecule has 2 rings (SSSR count). The fraction of sp³-hybridized carbons (Fsp3) is 0.625. The smallest absolute Gasteiger partial charge is 0.122 e. The van der Waals surface area contributed by atoms with Gasteiger partial charge in [0, 0.05) is 24.7 Å². The number of rotatable bonds is 6. The molecule has 0 unspecified atom stereocenters. The predicted molar refractivity (Wildman–Crippen MR) is 81.1 cm³/mol. The third-order valence-corrected chi connectivity index (χ3v) is 4.24. The first-order valence-corrected chi connectivity index (χ1v) is 7.10. The van der Waals surface area contributed by atoms with Gasteiger partial charge in [0.1, 0.15) is 5.75 Å². The van der Waals surface area contributed by atoms with Gasteiger partial charge < -0.3 is 15.4 Å². The lowest BCUT2D eigenvalue weighted by atomic mass is 10.0. The van der Waals surface area contributed by atoms with Gasteiger partial charge in [0.2, 0.25) is 0 Å². The molecule has 0 aliphatic heterocycles. The second-order valence-electron chi connectivity index (χ2n) is 6.14. The van der Waals surface area contributed by atoms with Crippen LogP contribution in [0, 0.1) is 5.41 Å². The highest BCUT2D eigenvalue weighted by Crippen LogP contribution is 2.45. The molecule has 1 saturated carbocycles. The van der Waals surface area contributed by atoms with Crippen LogP contribution in [0.5, 0.6) is 5.75 Å². The van der Waals surface area contributed by atoms with Gasteiger partial charge in [-0.15, -0.1) is 0 Å². The van der Waals surface area contributed by atoms with E-state index in [4.69, 9.17) is 10.5 Å². The van der Waals surface area contributed by atoms with Crippen molar-refractivity contribution in [3.05, 3.63) is 23.8 Å². The van der Waals surface area contributed by atoms with E-state index in [0.717, 1.165) is 18.8 Å². The minimum atomic E-state index is 0.368. The van der Waals surface area contributed by atoms with Crippen molar-refractivity contribution in [1.29, 1.82) is 0 Å². The Kier molecular flexibility index (Phi) is 4.04. The van der Waals surface area contributed by atoms with E-state index in [9.17, 15) is 0 Å². The lowest BCUT2D eigenvalue weighted by Gasteiger charge is -2.26. The number of benzene rings is 1. The first-order chi connectivity index (χ1) is 9.01. The summed E-state index contributed by atoms with van der Waals surface area (Å²) in [4.78, 5) is 2.32. The van der Waals surface area contributed by atoms with E-state index in [1.54, 1.807) is 7.11 Å². The third kappa shape index (κ3) is 3.03. The minimum Gasteiger partial charge on any atom is -0.496 e. The molecule has 0 saturated heterocycles. The number of methoxy groups -OCH3 is 1. The lowest BCUT2D eigenvalue weighted by Crippen LogP contribution is -2.31. The van der Waals surface area contributed by atoms with Gasteiger partial charge in [-0.05, 0) is 49.1 Å². The Morgan fingerprint density at radius 3 is 2.53 bits per heavy atom. The maximum absolute atomic E-state index is 5.87. The average Bonchev–Trinajstić information content (AvgIpc) is 3.18. The van der Waals surface area contributed by atoms with Crippen molar-refractivity contribution in [2.45, 2.75) is 32.6 Å². The van der Waals surface area contributed by atoms with Crippen molar-refractivity contribution in [1.82, 2.24) is 0 Å². The molecule has 1 aromatic rings. The second-order valence-corrected chi connectivity index (χ2v) is 6.14. The van der Waals surface area contributed by atoms with Crippen molar-refractivity contribution in [3.8, 4) is 5.75 Å². The van der Waals surface area contributed by atoms with Crippen molar-refractivity contribution >= 4 is 5.69 Å².